The Hall–Kier alpha value is -3.82. The van der Waals surface area contributed by atoms with Gasteiger partial charge in [-0.25, -0.2) is 14.3 Å². The molecule has 0 unspecified atom stereocenters. The van der Waals surface area contributed by atoms with Crippen LogP contribution in [-0.2, 0) is 4.74 Å². The number of nitrogens with one attached hydrogen (secondary N) is 1. The molecule has 6 nitrogen and oxygen atoms in total. The fraction of sp³-hybridized carbons (Fsp3) is 0.125. The normalized spacial score (nSPS) is 12.0. The fourth-order valence-electron chi connectivity index (χ4n) is 3.84. The third kappa shape index (κ3) is 3.72. The number of carbonyl (C=O) groups excluding carboxylic acids is 1. The Kier molecular flexibility index (Phi) is 5.03. The Morgan fingerprint density at radius 3 is 2.55 bits per heavy atom. The number of carbonyl (C=O) groups is 1. The average molecular weight is 429 g/mol. The molecule has 1 N–H and O–H groups in total. The Labute approximate surface area is 183 Å². The summed E-state index contributed by atoms with van der Waals surface area (Å²) in [5.74, 6) is 5.87. The first kappa shape index (κ1) is 19.2. The van der Waals surface area contributed by atoms with Crippen LogP contribution in [0.15, 0.2) is 67.0 Å². The lowest BCUT2D eigenvalue weighted by atomic mass is 9.98. The number of benzene rings is 2. The second-order valence-corrected chi connectivity index (χ2v) is 7.44. The third-order valence-electron chi connectivity index (χ3n) is 5.22. The summed E-state index contributed by atoms with van der Waals surface area (Å²) in [6.07, 6.45) is 2.82. The summed E-state index contributed by atoms with van der Waals surface area (Å²) in [4.78, 5) is 16.4. The number of rotatable bonds is 3. The summed E-state index contributed by atoms with van der Waals surface area (Å²) < 4.78 is 7.09. The van der Waals surface area contributed by atoms with Gasteiger partial charge in [-0.05, 0) is 28.3 Å². The Bertz CT molecular complexity index is 1310. The van der Waals surface area contributed by atoms with E-state index in [1.165, 1.54) is 22.3 Å². The number of nitrogens with zero attached hydrogens (tertiary/aromatic N) is 3. The quantitative estimate of drug-likeness (QED) is 0.391. The zero-order chi connectivity index (χ0) is 21.2. The van der Waals surface area contributed by atoms with Crippen LogP contribution in [0.3, 0.4) is 0 Å². The number of amides is 1. The van der Waals surface area contributed by atoms with Crippen LogP contribution in [0.5, 0.6) is 0 Å². The molecule has 2 aromatic heterocycles. The van der Waals surface area contributed by atoms with Crippen LogP contribution in [0.2, 0.25) is 5.15 Å². The predicted octanol–water partition coefficient (Wildman–Crippen LogP) is 4.27. The highest BCUT2D eigenvalue weighted by Crippen LogP contribution is 2.44. The minimum atomic E-state index is -0.503. The van der Waals surface area contributed by atoms with Gasteiger partial charge in [-0.1, -0.05) is 72.0 Å². The predicted molar refractivity (Wildman–Crippen MR) is 118 cm³/mol. The van der Waals surface area contributed by atoms with Crippen LogP contribution in [0.4, 0.5) is 4.79 Å². The smallest absolute Gasteiger partial charge is 0.407 e. The van der Waals surface area contributed by atoms with Gasteiger partial charge in [0.15, 0.2) is 5.65 Å². The molecule has 0 saturated heterocycles. The summed E-state index contributed by atoms with van der Waals surface area (Å²) in [7, 11) is 0. The Morgan fingerprint density at radius 2 is 1.81 bits per heavy atom. The average Bonchev–Trinajstić information content (AvgIpc) is 3.34. The highest BCUT2D eigenvalue weighted by Gasteiger charge is 2.28. The van der Waals surface area contributed by atoms with E-state index in [0.717, 1.165) is 0 Å². The molecule has 31 heavy (non-hydrogen) atoms. The maximum Gasteiger partial charge on any atom is 0.407 e. The Morgan fingerprint density at radius 1 is 1.10 bits per heavy atom. The molecule has 0 aliphatic heterocycles. The topological polar surface area (TPSA) is 68.5 Å². The van der Waals surface area contributed by atoms with Crippen molar-refractivity contribution in [3.8, 4) is 23.0 Å². The van der Waals surface area contributed by atoms with E-state index >= 15 is 0 Å². The molecule has 5 rings (SSSR count). The number of hydrogen-bond donors (Lipinski definition) is 1. The van der Waals surface area contributed by atoms with Gasteiger partial charge in [0.25, 0.3) is 0 Å². The van der Waals surface area contributed by atoms with Crippen molar-refractivity contribution in [3.63, 3.8) is 0 Å². The van der Waals surface area contributed by atoms with Gasteiger partial charge in [-0.2, -0.15) is 5.10 Å². The van der Waals surface area contributed by atoms with Crippen molar-refractivity contribution in [2.45, 2.75) is 5.92 Å². The van der Waals surface area contributed by atoms with Gasteiger partial charge >= 0.3 is 6.09 Å². The second kappa shape index (κ2) is 8.13. The molecule has 0 fully saturated rings. The van der Waals surface area contributed by atoms with Crippen LogP contribution in [-0.4, -0.2) is 33.8 Å². The van der Waals surface area contributed by atoms with E-state index in [2.05, 4.69) is 51.5 Å². The van der Waals surface area contributed by atoms with Crippen molar-refractivity contribution in [1.82, 2.24) is 19.9 Å². The van der Waals surface area contributed by atoms with Gasteiger partial charge in [0, 0.05) is 12.1 Å². The number of halogens is 1. The molecule has 0 bridgehead atoms. The summed E-state index contributed by atoms with van der Waals surface area (Å²) >= 11 is 5.93. The standard InChI is InChI=1S/C24H17ClN4O2/c25-22-11-13-29-23(28-22)16(14-27-29)6-5-12-26-24(30)31-15-21-19-9-3-1-7-17(19)18-8-2-4-10-20(18)21/h1-4,7-11,13-14,21H,12,15H2,(H,26,30). The van der Waals surface area contributed by atoms with Crippen LogP contribution in [0, 0.1) is 11.8 Å². The number of ether oxygens (including phenoxy) is 1. The summed E-state index contributed by atoms with van der Waals surface area (Å²) in [5, 5.41) is 7.20. The SMILES string of the molecule is O=C(NCC#Cc1cnn2ccc(Cl)nc12)OCC1c2ccccc2-c2ccccc21. The number of aromatic nitrogens is 3. The van der Waals surface area contributed by atoms with Crippen molar-refractivity contribution in [2.75, 3.05) is 13.2 Å². The Balaban J connectivity index is 1.21. The zero-order valence-electron chi connectivity index (χ0n) is 16.4. The lowest BCUT2D eigenvalue weighted by Gasteiger charge is -2.14. The molecule has 0 atom stereocenters. The molecule has 0 saturated carbocycles. The molecule has 4 aromatic rings. The van der Waals surface area contributed by atoms with Gasteiger partial charge < -0.3 is 10.1 Å². The van der Waals surface area contributed by atoms with Crippen molar-refractivity contribution < 1.29 is 9.53 Å². The second-order valence-electron chi connectivity index (χ2n) is 7.06. The molecule has 1 aliphatic carbocycles. The molecule has 7 heteroatoms. The number of alkyl carbamates (subject to hydrolysis) is 1. The molecule has 1 amide bonds. The number of hydrogen-bond acceptors (Lipinski definition) is 4. The van der Waals surface area contributed by atoms with Crippen LogP contribution in [0.1, 0.15) is 22.6 Å². The molecule has 1 aliphatic rings. The molecular formula is C24H17ClN4O2. The van der Waals surface area contributed by atoms with Crippen LogP contribution in [0.25, 0.3) is 16.8 Å². The van der Waals surface area contributed by atoms with E-state index in [9.17, 15) is 4.79 Å². The lowest BCUT2D eigenvalue weighted by molar-refractivity contribution is 0.144. The van der Waals surface area contributed by atoms with E-state index in [0.29, 0.717) is 16.4 Å². The molecule has 152 valence electrons. The zero-order valence-corrected chi connectivity index (χ0v) is 17.1. The first-order valence-corrected chi connectivity index (χ1v) is 10.2. The van der Waals surface area contributed by atoms with Crippen LogP contribution < -0.4 is 5.32 Å². The minimum absolute atomic E-state index is 0.0267. The molecule has 2 aromatic carbocycles. The van der Waals surface area contributed by atoms with Crippen molar-refractivity contribution in [3.05, 3.63) is 88.8 Å². The molecular weight excluding hydrogens is 412 g/mol. The third-order valence-corrected chi connectivity index (χ3v) is 5.43. The summed E-state index contributed by atoms with van der Waals surface area (Å²) in [5.41, 5.74) is 5.95. The molecule has 0 spiro atoms. The summed E-state index contributed by atoms with van der Waals surface area (Å²) in [6, 6.07) is 18.1. The van der Waals surface area contributed by atoms with Crippen molar-refractivity contribution in [1.29, 1.82) is 0 Å². The van der Waals surface area contributed by atoms with Crippen molar-refractivity contribution in [2.24, 2.45) is 0 Å². The van der Waals surface area contributed by atoms with Crippen LogP contribution >= 0.6 is 11.6 Å². The minimum Gasteiger partial charge on any atom is -0.449 e. The maximum absolute atomic E-state index is 12.2. The van der Waals surface area contributed by atoms with Gasteiger partial charge in [-0.3, -0.25) is 0 Å². The van der Waals surface area contributed by atoms with E-state index in [-0.39, 0.29) is 19.1 Å². The maximum atomic E-state index is 12.2. The van der Waals surface area contributed by atoms with Gasteiger partial charge in [0.1, 0.15) is 11.8 Å². The van der Waals surface area contributed by atoms with E-state index in [1.54, 1.807) is 23.0 Å². The number of fused-ring (bicyclic) bond motifs is 4. The van der Waals surface area contributed by atoms with Gasteiger partial charge in [0.2, 0.25) is 0 Å². The van der Waals surface area contributed by atoms with Crippen molar-refractivity contribution >= 4 is 23.3 Å². The fourth-order valence-corrected chi connectivity index (χ4v) is 3.98. The lowest BCUT2D eigenvalue weighted by Crippen LogP contribution is -2.26. The largest absolute Gasteiger partial charge is 0.449 e. The highest BCUT2D eigenvalue weighted by atomic mass is 35.5. The first-order chi connectivity index (χ1) is 15.2. The first-order valence-electron chi connectivity index (χ1n) is 9.78. The monoisotopic (exact) mass is 428 g/mol. The van der Waals surface area contributed by atoms with E-state index < -0.39 is 6.09 Å². The van der Waals surface area contributed by atoms with E-state index in [1.807, 2.05) is 24.3 Å². The van der Waals surface area contributed by atoms with E-state index in [4.69, 9.17) is 16.3 Å². The molecule has 0 radical (unpaired) electrons. The molecule has 2 heterocycles. The highest BCUT2D eigenvalue weighted by molar-refractivity contribution is 6.29. The summed E-state index contributed by atoms with van der Waals surface area (Å²) in [6.45, 7) is 0.415. The van der Waals surface area contributed by atoms with Gasteiger partial charge in [-0.15, -0.1) is 0 Å². The van der Waals surface area contributed by atoms with Gasteiger partial charge in [0.05, 0.1) is 18.3 Å².